The summed E-state index contributed by atoms with van der Waals surface area (Å²) in [6.45, 7) is 4.41. The zero-order valence-corrected chi connectivity index (χ0v) is 13.1. The highest BCUT2D eigenvalue weighted by molar-refractivity contribution is 7.89. The third kappa shape index (κ3) is 2.26. The lowest BCUT2D eigenvalue weighted by Crippen LogP contribution is -2.30. The van der Waals surface area contributed by atoms with E-state index in [1.807, 2.05) is 0 Å². The van der Waals surface area contributed by atoms with Gasteiger partial charge in [-0.3, -0.25) is 4.68 Å². The molecule has 1 aliphatic heterocycles. The Hall–Kier alpha value is -1.74. The summed E-state index contributed by atoms with van der Waals surface area (Å²) in [6, 6.07) is 0.0413. The van der Waals surface area contributed by atoms with E-state index < -0.39 is 10.0 Å². The lowest BCUT2D eigenvalue weighted by molar-refractivity contribution is 0.428. The summed E-state index contributed by atoms with van der Waals surface area (Å²) < 4.78 is 30.5. The van der Waals surface area contributed by atoms with Crippen LogP contribution in [0.15, 0.2) is 17.3 Å². The van der Waals surface area contributed by atoms with Crippen molar-refractivity contribution in [3.05, 3.63) is 23.8 Å². The van der Waals surface area contributed by atoms with Gasteiger partial charge in [-0.2, -0.15) is 9.40 Å². The van der Waals surface area contributed by atoms with E-state index in [9.17, 15) is 8.42 Å². The Morgan fingerprint density at radius 2 is 2.10 bits per heavy atom. The van der Waals surface area contributed by atoms with Crippen molar-refractivity contribution in [2.45, 2.75) is 31.2 Å². The van der Waals surface area contributed by atoms with Gasteiger partial charge in [-0.25, -0.2) is 13.1 Å². The highest BCUT2D eigenvalue weighted by Crippen LogP contribution is 2.29. The van der Waals surface area contributed by atoms with Gasteiger partial charge in [0, 0.05) is 26.3 Å². The maximum absolute atomic E-state index is 12.8. The molecule has 1 unspecified atom stereocenters. The highest BCUT2D eigenvalue weighted by atomic mass is 32.2. The number of hydrogen-bond donors (Lipinski definition) is 0. The molecule has 0 spiro atoms. The summed E-state index contributed by atoms with van der Waals surface area (Å²) in [7, 11) is -1.76. The van der Waals surface area contributed by atoms with E-state index in [2.05, 4.69) is 15.4 Å². The molecule has 0 aromatic carbocycles. The normalized spacial score (nSPS) is 20.2. The van der Waals surface area contributed by atoms with Gasteiger partial charge in [0.05, 0.1) is 23.6 Å². The van der Waals surface area contributed by atoms with Crippen molar-refractivity contribution >= 4 is 10.0 Å². The third-order valence-corrected chi connectivity index (χ3v) is 6.10. The maximum atomic E-state index is 12.8. The van der Waals surface area contributed by atoms with Gasteiger partial charge in [-0.1, -0.05) is 5.21 Å². The van der Waals surface area contributed by atoms with Gasteiger partial charge in [0.15, 0.2) is 0 Å². The summed E-state index contributed by atoms with van der Waals surface area (Å²) in [4.78, 5) is 0.323. The zero-order chi connectivity index (χ0) is 15.2. The Morgan fingerprint density at radius 1 is 1.33 bits per heavy atom. The molecule has 0 aliphatic carbocycles. The van der Waals surface area contributed by atoms with E-state index >= 15 is 0 Å². The van der Waals surface area contributed by atoms with Crippen molar-refractivity contribution in [1.82, 2.24) is 29.1 Å². The highest BCUT2D eigenvalue weighted by Gasteiger charge is 2.36. The van der Waals surface area contributed by atoms with Crippen molar-refractivity contribution in [3.63, 3.8) is 0 Å². The first-order chi connectivity index (χ1) is 9.91. The van der Waals surface area contributed by atoms with Crippen molar-refractivity contribution in [2.75, 3.05) is 13.1 Å². The molecule has 1 saturated heterocycles. The van der Waals surface area contributed by atoms with Crippen LogP contribution in [-0.4, -0.2) is 50.6 Å². The van der Waals surface area contributed by atoms with Crippen LogP contribution >= 0.6 is 0 Å². The minimum Gasteiger partial charge on any atom is -0.271 e. The number of sulfonamides is 1. The van der Waals surface area contributed by atoms with E-state index in [-0.39, 0.29) is 6.04 Å². The topological polar surface area (TPSA) is 85.9 Å². The monoisotopic (exact) mass is 310 g/mol. The molecule has 2 aromatic rings. The third-order valence-electron chi connectivity index (χ3n) is 3.98. The Labute approximate surface area is 123 Å². The predicted octanol–water partition coefficient (Wildman–Crippen LogP) is 0.264. The van der Waals surface area contributed by atoms with Crippen LogP contribution in [0.3, 0.4) is 0 Å². The van der Waals surface area contributed by atoms with E-state index in [1.165, 1.54) is 4.31 Å². The maximum Gasteiger partial charge on any atom is 0.246 e. The van der Waals surface area contributed by atoms with Gasteiger partial charge in [-0.05, 0) is 20.3 Å². The molecule has 3 rings (SSSR count). The molecular weight excluding hydrogens is 292 g/mol. The molecule has 21 heavy (non-hydrogen) atoms. The van der Waals surface area contributed by atoms with Crippen LogP contribution in [-0.2, 0) is 17.1 Å². The number of rotatable bonds is 3. The number of aromatic nitrogens is 5. The first-order valence-electron chi connectivity index (χ1n) is 6.77. The van der Waals surface area contributed by atoms with Crippen LogP contribution < -0.4 is 0 Å². The number of hydrogen-bond acceptors (Lipinski definition) is 5. The minimum atomic E-state index is -3.51. The van der Waals surface area contributed by atoms with Crippen LogP contribution in [0.1, 0.15) is 23.9 Å². The second-order valence-electron chi connectivity index (χ2n) is 5.31. The molecule has 0 N–H and O–H groups in total. The summed E-state index contributed by atoms with van der Waals surface area (Å²) in [5.74, 6) is 0. The van der Waals surface area contributed by atoms with Crippen LogP contribution in [0, 0.1) is 13.8 Å². The van der Waals surface area contributed by atoms with E-state index in [4.69, 9.17) is 0 Å². The summed E-state index contributed by atoms with van der Waals surface area (Å²) in [5, 5.41) is 11.9. The van der Waals surface area contributed by atoms with Gasteiger partial charge in [0.1, 0.15) is 4.90 Å². The van der Waals surface area contributed by atoms with E-state index in [0.29, 0.717) is 29.4 Å². The van der Waals surface area contributed by atoms with Gasteiger partial charge in [-0.15, -0.1) is 5.10 Å². The molecule has 114 valence electrons. The molecular formula is C12H18N6O2S. The van der Waals surface area contributed by atoms with Gasteiger partial charge < -0.3 is 0 Å². The molecule has 9 heteroatoms. The molecule has 0 saturated carbocycles. The fourth-order valence-electron chi connectivity index (χ4n) is 2.81. The molecule has 0 radical (unpaired) electrons. The second kappa shape index (κ2) is 4.92. The van der Waals surface area contributed by atoms with Gasteiger partial charge in [0.25, 0.3) is 0 Å². The largest absolute Gasteiger partial charge is 0.271 e. The predicted molar refractivity (Wildman–Crippen MR) is 75.1 cm³/mol. The Kier molecular flexibility index (Phi) is 3.33. The first kappa shape index (κ1) is 14.2. The summed E-state index contributed by atoms with van der Waals surface area (Å²) in [5.41, 5.74) is 1.20. The van der Waals surface area contributed by atoms with Crippen molar-refractivity contribution < 1.29 is 8.42 Å². The average molecular weight is 310 g/mol. The van der Waals surface area contributed by atoms with Crippen LogP contribution in [0.25, 0.3) is 0 Å². The lowest BCUT2D eigenvalue weighted by Gasteiger charge is -2.16. The van der Waals surface area contributed by atoms with Crippen LogP contribution in [0.2, 0.25) is 0 Å². The minimum absolute atomic E-state index is 0.0413. The number of aryl methyl sites for hydroxylation is 2. The molecule has 2 aromatic heterocycles. The number of nitrogens with zero attached hydrogens (tertiary/aromatic N) is 6. The quantitative estimate of drug-likeness (QED) is 0.812. The van der Waals surface area contributed by atoms with Crippen molar-refractivity contribution in [3.8, 4) is 0 Å². The van der Waals surface area contributed by atoms with E-state index in [1.54, 1.807) is 42.7 Å². The molecule has 1 aliphatic rings. The molecule has 1 fully saturated rings. The molecule has 8 nitrogen and oxygen atoms in total. The van der Waals surface area contributed by atoms with Gasteiger partial charge in [0.2, 0.25) is 10.0 Å². The summed E-state index contributed by atoms with van der Waals surface area (Å²) >= 11 is 0. The SMILES string of the molecule is Cc1nn(C)c(C)c1S(=O)(=O)N1CCC(n2ccnn2)C1. The Bertz CT molecular complexity index is 749. The first-order valence-corrected chi connectivity index (χ1v) is 8.21. The van der Waals surface area contributed by atoms with E-state index in [0.717, 1.165) is 6.42 Å². The van der Waals surface area contributed by atoms with Crippen molar-refractivity contribution in [1.29, 1.82) is 0 Å². The zero-order valence-electron chi connectivity index (χ0n) is 12.3. The van der Waals surface area contributed by atoms with Crippen LogP contribution in [0.5, 0.6) is 0 Å². The molecule has 1 atom stereocenters. The molecule has 0 bridgehead atoms. The standard InChI is InChI=1S/C12H18N6O2S/c1-9-12(10(2)16(3)14-9)21(19,20)17-6-4-11(8-17)18-7-5-13-15-18/h5,7,11H,4,6,8H2,1-3H3. The molecule has 0 amide bonds. The lowest BCUT2D eigenvalue weighted by atomic mass is 10.3. The van der Waals surface area contributed by atoms with Crippen molar-refractivity contribution in [2.24, 2.45) is 7.05 Å². The second-order valence-corrected chi connectivity index (χ2v) is 7.19. The molecule has 3 heterocycles. The fraction of sp³-hybridized carbons (Fsp3) is 0.583. The smallest absolute Gasteiger partial charge is 0.246 e. The van der Waals surface area contributed by atoms with Crippen LogP contribution in [0.4, 0.5) is 0 Å². The summed E-state index contributed by atoms with van der Waals surface area (Å²) in [6.07, 6.45) is 4.11. The Morgan fingerprint density at radius 3 is 2.67 bits per heavy atom. The average Bonchev–Trinajstić information content (AvgIpc) is 3.12. The fourth-order valence-corrected chi connectivity index (χ4v) is 4.71. The Balaban J connectivity index is 1.90. The van der Waals surface area contributed by atoms with Gasteiger partial charge >= 0.3 is 0 Å².